The van der Waals surface area contributed by atoms with Crippen molar-refractivity contribution in [1.82, 2.24) is 0 Å². The second kappa shape index (κ2) is 3.98. The summed E-state index contributed by atoms with van der Waals surface area (Å²) >= 11 is 2.99. The molecule has 12 heavy (non-hydrogen) atoms. The summed E-state index contributed by atoms with van der Waals surface area (Å²) < 4.78 is 13.4. The molecule has 0 fully saturated rings. The monoisotopic (exact) mass is 234 g/mol. The molecule has 2 nitrogen and oxygen atoms in total. The molecule has 0 aliphatic carbocycles. The van der Waals surface area contributed by atoms with E-state index in [9.17, 15) is 4.39 Å². The zero-order chi connectivity index (χ0) is 9.14. The number of benzene rings is 1. The molecule has 0 bridgehead atoms. The quantitative estimate of drug-likeness (QED) is 0.816. The van der Waals surface area contributed by atoms with Crippen LogP contribution in [0.25, 0.3) is 0 Å². The Bertz CT molecular complexity index is 260. The predicted octanol–water partition coefficient (Wildman–Crippen LogP) is 1.57. The topological polar surface area (TPSA) is 40.5 Å². The molecular weight excluding hydrogens is 227 g/mol. The van der Waals surface area contributed by atoms with Gasteiger partial charge in [0, 0.05) is 5.56 Å². The van der Waals surface area contributed by atoms with Crippen LogP contribution in [0.2, 0.25) is 0 Å². The Morgan fingerprint density at radius 1 is 1.17 bits per heavy atom. The molecule has 0 radical (unpaired) electrons. The highest BCUT2D eigenvalue weighted by molar-refractivity contribution is 9.10. The zero-order valence-electron chi connectivity index (χ0n) is 6.22. The van der Waals surface area contributed by atoms with Gasteiger partial charge in [-0.1, -0.05) is 12.1 Å². The molecular formula is C8H8BrFO2. The Labute approximate surface area is 77.8 Å². The summed E-state index contributed by atoms with van der Waals surface area (Å²) in [5.74, 6) is -0.510. The lowest BCUT2D eigenvalue weighted by Gasteiger charge is -2.05. The molecule has 0 saturated heterocycles. The third kappa shape index (κ3) is 1.65. The van der Waals surface area contributed by atoms with Gasteiger partial charge in [0.25, 0.3) is 0 Å². The van der Waals surface area contributed by atoms with Crippen molar-refractivity contribution in [3.63, 3.8) is 0 Å². The lowest BCUT2D eigenvalue weighted by Crippen LogP contribution is -1.95. The first-order valence-electron chi connectivity index (χ1n) is 3.38. The van der Waals surface area contributed by atoms with E-state index in [2.05, 4.69) is 15.9 Å². The molecule has 0 spiro atoms. The van der Waals surface area contributed by atoms with Crippen molar-refractivity contribution < 1.29 is 14.6 Å². The van der Waals surface area contributed by atoms with Gasteiger partial charge in [0.15, 0.2) is 0 Å². The summed E-state index contributed by atoms with van der Waals surface area (Å²) in [6.45, 7) is -0.556. The largest absolute Gasteiger partial charge is 0.392 e. The minimum absolute atomic E-state index is 0.219. The van der Waals surface area contributed by atoms with E-state index in [0.717, 1.165) is 0 Å². The van der Waals surface area contributed by atoms with Crippen LogP contribution < -0.4 is 0 Å². The second-order valence-corrected chi connectivity index (χ2v) is 3.12. The van der Waals surface area contributed by atoms with Gasteiger partial charge in [-0.15, -0.1) is 0 Å². The maximum Gasteiger partial charge on any atom is 0.143 e. The maximum atomic E-state index is 13.1. The van der Waals surface area contributed by atoms with Crippen LogP contribution >= 0.6 is 15.9 Å². The number of halogens is 2. The van der Waals surface area contributed by atoms with Crippen LogP contribution in [0.15, 0.2) is 16.6 Å². The van der Waals surface area contributed by atoms with E-state index in [0.29, 0.717) is 5.56 Å². The molecule has 0 aliphatic rings. The van der Waals surface area contributed by atoms with E-state index >= 15 is 0 Å². The first-order chi connectivity index (χ1) is 5.70. The van der Waals surface area contributed by atoms with Crippen molar-refractivity contribution in [2.45, 2.75) is 13.2 Å². The first-order valence-corrected chi connectivity index (χ1v) is 4.17. The third-order valence-electron chi connectivity index (χ3n) is 1.58. The summed E-state index contributed by atoms with van der Waals surface area (Å²) in [5.41, 5.74) is 0.698. The molecule has 1 aromatic rings. The van der Waals surface area contributed by atoms with Crippen molar-refractivity contribution in [1.29, 1.82) is 0 Å². The van der Waals surface area contributed by atoms with Crippen LogP contribution in [-0.4, -0.2) is 10.2 Å². The average molecular weight is 235 g/mol. The molecule has 66 valence electrons. The fraction of sp³-hybridized carbons (Fsp3) is 0.250. The highest BCUT2D eigenvalue weighted by Gasteiger charge is 2.09. The first kappa shape index (κ1) is 9.64. The van der Waals surface area contributed by atoms with E-state index in [1.807, 2.05) is 0 Å². The average Bonchev–Trinajstić information content (AvgIpc) is 2.10. The maximum absolute atomic E-state index is 13.1. The van der Waals surface area contributed by atoms with Crippen LogP contribution in [0.5, 0.6) is 0 Å². The van der Waals surface area contributed by atoms with Gasteiger partial charge in [-0.3, -0.25) is 0 Å². The lowest BCUT2D eigenvalue weighted by atomic mass is 10.1. The molecule has 1 aromatic carbocycles. The standard InChI is InChI=1S/C8H8BrFO2/c9-7-5(3-11)1-2-6(4-12)8(7)10/h1-2,11-12H,3-4H2. The highest BCUT2D eigenvalue weighted by atomic mass is 79.9. The van der Waals surface area contributed by atoms with Crippen molar-refractivity contribution in [2.24, 2.45) is 0 Å². The molecule has 2 N–H and O–H groups in total. The fourth-order valence-electron chi connectivity index (χ4n) is 0.874. The van der Waals surface area contributed by atoms with E-state index in [1.54, 1.807) is 6.07 Å². The van der Waals surface area contributed by atoms with Crippen LogP contribution in [0.1, 0.15) is 11.1 Å². The Morgan fingerprint density at radius 3 is 2.17 bits per heavy atom. The molecule has 0 unspecified atom stereocenters. The van der Waals surface area contributed by atoms with E-state index < -0.39 is 5.82 Å². The van der Waals surface area contributed by atoms with E-state index in [4.69, 9.17) is 10.2 Å². The molecule has 0 atom stereocenters. The van der Waals surface area contributed by atoms with Crippen molar-refractivity contribution in [3.8, 4) is 0 Å². The summed E-state index contributed by atoms with van der Waals surface area (Å²) in [4.78, 5) is 0. The Kier molecular flexibility index (Phi) is 3.20. The number of hydrogen-bond donors (Lipinski definition) is 2. The van der Waals surface area contributed by atoms with Gasteiger partial charge >= 0.3 is 0 Å². The summed E-state index contributed by atoms with van der Waals surface area (Å²) in [5, 5.41) is 17.4. The molecule has 0 aromatic heterocycles. The van der Waals surface area contributed by atoms with Crippen molar-refractivity contribution in [3.05, 3.63) is 33.5 Å². The Balaban J connectivity index is 3.20. The summed E-state index contributed by atoms with van der Waals surface area (Å²) in [6.07, 6.45) is 0. The summed E-state index contributed by atoms with van der Waals surface area (Å²) in [6, 6.07) is 3.02. The minimum Gasteiger partial charge on any atom is -0.392 e. The van der Waals surface area contributed by atoms with Gasteiger partial charge in [0.1, 0.15) is 5.82 Å². The molecule has 0 saturated carbocycles. The SMILES string of the molecule is OCc1ccc(CO)c(Br)c1F. The Morgan fingerprint density at radius 2 is 1.67 bits per heavy atom. The van der Waals surface area contributed by atoms with Gasteiger partial charge in [-0.2, -0.15) is 0 Å². The van der Waals surface area contributed by atoms with Gasteiger partial charge in [0.2, 0.25) is 0 Å². The number of rotatable bonds is 2. The molecule has 0 aliphatic heterocycles. The van der Waals surface area contributed by atoms with Gasteiger partial charge in [-0.25, -0.2) is 4.39 Å². The molecule has 1 rings (SSSR count). The van der Waals surface area contributed by atoms with Crippen LogP contribution in [0.4, 0.5) is 4.39 Å². The van der Waals surface area contributed by atoms with Crippen LogP contribution in [0, 0.1) is 5.82 Å². The highest BCUT2D eigenvalue weighted by Crippen LogP contribution is 2.23. The zero-order valence-corrected chi connectivity index (χ0v) is 7.81. The predicted molar refractivity (Wildman–Crippen MR) is 45.9 cm³/mol. The Hall–Kier alpha value is -0.450. The third-order valence-corrected chi connectivity index (χ3v) is 2.44. The van der Waals surface area contributed by atoms with E-state index in [-0.39, 0.29) is 23.2 Å². The minimum atomic E-state index is -0.510. The van der Waals surface area contributed by atoms with Crippen LogP contribution in [-0.2, 0) is 13.2 Å². The summed E-state index contributed by atoms with van der Waals surface area (Å²) in [7, 11) is 0. The lowest BCUT2D eigenvalue weighted by molar-refractivity contribution is 0.271. The molecule has 0 amide bonds. The second-order valence-electron chi connectivity index (χ2n) is 2.33. The van der Waals surface area contributed by atoms with Gasteiger partial charge in [0.05, 0.1) is 17.7 Å². The normalized spacial score (nSPS) is 10.3. The molecule has 4 heteroatoms. The van der Waals surface area contributed by atoms with Gasteiger partial charge < -0.3 is 10.2 Å². The van der Waals surface area contributed by atoms with Gasteiger partial charge in [-0.05, 0) is 21.5 Å². The van der Waals surface area contributed by atoms with Crippen molar-refractivity contribution >= 4 is 15.9 Å². The number of hydrogen-bond acceptors (Lipinski definition) is 2. The molecule has 0 heterocycles. The van der Waals surface area contributed by atoms with Crippen molar-refractivity contribution in [2.75, 3.05) is 0 Å². The smallest absolute Gasteiger partial charge is 0.143 e. The van der Waals surface area contributed by atoms with Crippen LogP contribution in [0.3, 0.4) is 0 Å². The number of aliphatic hydroxyl groups excluding tert-OH is 2. The van der Waals surface area contributed by atoms with E-state index in [1.165, 1.54) is 6.07 Å². The fourth-order valence-corrected chi connectivity index (χ4v) is 1.39. The number of aliphatic hydroxyl groups is 2.